The lowest BCUT2D eigenvalue weighted by Gasteiger charge is -2.19. The average molecular weight is 422 g/mol. The molecule has 2 N–H and O–H groups in total. The van der Waals surface area contributed by atoms with E-state index >= 15 is 0 Å². The standard InChI is InChI=1S/C23H18N8O/c1-13-5-3-8-17-30-19(14(2)29-22-20-21(26-11-25-20)27-12-28-22)18(23(32)31(13)17)16-7-4-6-15(9-16)10-24/h3-9,11-12,14H,1-2H3,(H2,25,26,27,28,29). The van der Waals surface area contributed by atoms with E-state index in [1.54, 1.807) is 35.0 Å². The van der Waals surface area contributed by atoms with E-state index in [2.05, 4.69) is 31.3 Å². The second-order valence-corrected chi connectivity index (χ2v) is 7.42. The molecule has 0 fully saturated rings. The van der Waals surface area contributed by atoms with Crippen molar-refractivity contribution in [1.29, 1.82) is 5.26 Å². The largest absolute Gasteiger partial charge is 0.360 e. The molecule has 0 aliphatic rings. The van der Waals surface area contributed by atoms with Crippen LogP contribution in [0.25, 0.3) is 27.9 Å². The summed E-state index contributed by atoms with van der Waals surface area (Å²) in [7, 11) is 0. The van der Waals surface area contributed by atoms with E-state index in [1.165, 1.54) is 6.33 Å². The summed E-state index contributed by atoms with van der Waals surface area (Å²) < 4.78 is 1.58. The lowest BCUT2D eigenvalue weighted by Crippen LogP contribution is -2.24. The van der Waals surface area contributed by atoms with Crippen LogP contribution in [0.2, 0.25) is 0 Å². The first kappa shape index (κ1) is 19.4. The van der Waals surface area contributed by atoms with E-state index in [-0.39, 0.29) is 11.6 Å². The second kappa shape index (κ2) is 7.59. The fourth-order valence-corrected chi connectivity index (χ4v) is 3.83. The van der Waals surface area contributed by atoms with Gasteiger partial charge in [0.15, 0.2) is 11.5 Å². The number of rotatable bonds is 4. The molecule has 5 aromatic rings. The van der Waals surface area contributed by atoms with Gasteiger partial charge in [-0.3, -0.25) is 9.20 Å². The van der Waals surface area contributed by atoms with Crippen LogP contribution in [0.3, 0.4) is 0 Å². The number of hydrogen-bond donors (Lipinski definition) is 2. The fourth-order valence-electron chi connectivity index (χ4n) is 3.83. The van der Waals surface area contributed by atoms with Crippen molar-refractivity contribution in [1.82, 2.24) is 29.3 Å². The third-order valence-corrected chi connectivity index (χ3v) is 5.33. The minimum atomic E-state index is -0.385. The SMILES string of the molecule is Cc1cccc2nc(C(C)Nc3ncnc4[nH]cnc34)c(-c3cccc(C#N)c3)c(=O)n12. The van der Waals surface area contributed by atoms with E-state index in [9.17, 15) is 10.1 Å². The van der Waals surface area contributed by atoms with E-state index in [4.69, 9.17) is 4.98 Å². The first-order chi connectivity index (χ1) is 15.6. The Bertz CT molecular complexity index is 1580. The van der Waals surface area contributed by atoms with Crippen LogP contribution in [-0.2, 0) is 0 Å². The Hall–Kier alpha value is -4.58. The minimum absolute atomic E-state index is 0.195. The second-order valence-electron chi connectivity index (χ2n) is 7.42. The monoisotopic (exact) mass is 422 g/mol. The van der Waals surface area contributed by atoms with Gasteiger partial charge in [0.2, 0.25) is 0 Å². The number of imidazole rings is 1. The first-order valence-corrected chi connectivity index (χ1v) is 10.00. The highest BCUT2D eigenvalue weighted by atomic mass is 16.1. The molecular formula is C23H18N8O. The fraction of sp³-hybridized carbons (Fsp3) is 0.130. The van der Waals surface area contributed by atoms with Gasteiger partial charge in [0.1, 0.15) is 17.5 Å². The maximum atomic E-state index is 13.7. The highest BCUT2D eigenvalue weighted by Crippen LogP contribution is 2.28. The Balaban J connectivity index is 1.73. The van der Waals surface area contributed by atoms with Gasteiger partial charge in [-0.1, -0.05) is 18.2 Å². The van der Waals surface area contributed by atoms with Gasteiger partial charge >= 0.3 is 0 Å². The number of aryl methyl sites for hydroxylation is 1. The number of hydrogen-bond acceptors (Lipinski definition) is 7. The molecule has 0 spiro atoms. The molecule has 4 aromatic heterocycles. The lowest BCUT2D eigenvalue weighted by molar-refractivity contribution is 0.821. The maximum Gasteiger partial charge on any atom is 0.266 e. The predicted molar refractivity (Wildman–Crippen MR) is 120 cm³/mol. The number of pyridine rings is 1. The van der Waals surface area contributed by atoms with Crippen molar-refractivity contribution in [3.8, 4) is 17.2 Å². The minimum Gasteiger partial charge on any atom is -0.360 e. The van der Waals surface area contributed by atoms with Gasteiger partial charge in [-0.25, -0.2) is 19.9 Å². The number of aromatic amines is 1. The summed E-state index contributed by atoms with van der Waals surface area (Å²) in [5.74, 6) is 0.534. The molecule has 1 aromatic carbocycles. The molecule has 32 heavy (non-hydrogen) atoms. The molecule has 9 heteroatoms. The van der Waals surface area contributed by atoms with Crippen molar-refractivity contribution < 1.29 is 0 Å². The van der Waals surface area contributed by atoms with Crippen molar-refractivity contribution in [2.24, 2.45) is 0 Å². The summed E-state index contributed by atoms with van der Waals surface area (Å²) in [6.45, 7) is 3.77. The van der Waals surface area contributed by atoms with Crippen molar-refractivity contribution in [3.63, 3.8) is 0 Å². The molecule has 4 heterocycles. The van der Waals surface area contributed by atoms with E-state index in [0.29, 0.717) is 45.0 Å². The topological polar surface area (TPSA) is 125 Å². The van der Waals surface area contributed by atoms with Gasteiger partial charge in [0.05, 0.1) is 35.3 Å². The summed E-state index contributed by atoms with van der Waals surface area (Å²) in [6, 6.07) is 14.3. The van der Waals surface area contributed by atoms with Gasteiger partial charge in [-0.2, -0.15) is 5.26 Å². The van der Waals surface area contributed by atoms with E-state index < -0.39 is 0 Å². The van der Waals surface area contributed by atoms with E-state index in [1.807, 2.05) is 32.0 Å². The van der Waals surface area contributed by atoms with Gasteiger partial charge in [-0.15, -0.1) is 0 Å². The molecule has 0 saturated carbocycles. The molecule has 156 valence electrons. The van der Waals surface area contributed by atoms with Gasteiger partial charge < -0.3 is 10.3 Å². The lowest BCUT2D eigenvalue weighted by atomic mass is 9.99. The zero-order valence-electron chi connectivity index (χ0n) is 17.4. The third-order valence-electron chi connectivity index (χ3n) is 5.33. The zero-order chi connectivity index (χ0) is 22.2. The molecule has 0 bridgehead atoms. The molecule has 0 radical (unpaired) electrons. The van der Waals surface area contributed by atoms with Crippen molar-refractivity contribution in [2.75, 3.05) is 5.32 Å². The van der Waals surface area contributed by atoms with Crippen molar-refractivity contribution in [3.05, 3.63) is 82.4 Å². The van der Waals surface area contributed by atoms with Gasteiger partial charge in [0, 0.05) is 5.69 Å². The normalized spacial score (nSPS) is 12.0. The number of nitrogens with one attached hydrogen (secondary N) is 2. The van der Waals surface area contributed by atoms with Gasteiger partial charge in [0.25, 0.3) is 5.56 Å². The number of anilines is 1. The van der Waals surface area contributed by atoms with Crippen LogP contribution in [0.4, 0.5) is 5.82 Å². The Morgan fingerprint density at radius 3 is 2.84 bits per heavy atom. The van der Waals surface area contributed by atoms with E-state index in [0.717, 1.165) is 5.69 Å². The Labute approximate surface area is 182 Å². The summed E-state index contributed by atoms with van der Waals surface area (Å²) in [5.41, 5.74) is 4.43. The van der Waals surface area contributed by atoms with Crippen LogP contribution >= 0.6 is 0 Å². The third kappa shape index (κ3) is 3.15. The number of benzene rings is 1. The quantitative estimate of drug-likeness (QED) is 0.455. The predicted octanol–water partition coefficient (Wildman–Crippen LogP) is 3.38. The summed E-state index contributed by atoms with van der Waals surface area (Å²) >= 11 is 0. The first-order valence-electron chi connectivity index (χ1n) is 10.00. The Kier molecular flexibility index (Phi) is 4.60. The molecule has 1 unspecified atom stereocenters. The van der Waals surface area contributed by atoms with Crippen LogP contribution in [0.5, 0.6) is 0 Å². The molecule has 9 nitrogen and oxygen atoms in total. The average Bonchev–Trinajstić information content (AvgIpc) is 3.29. The van der Waals surface area contributed by atoms with Crippen LogP contribution in [0, 0.1) is 18.3 Å². The molecular weight excluding hydrogens is 404 g/mol. The van der Waals surface area contributed by atoms with Gasteiger partial charge in [-0.05, 0) is 43.7 Å². The maximum absolute atomic E-state index is 13.7. The Morgan fingerprint density at radius 1 is 1.16 bits per heavy atom. The van der Waals surface area contributed by atoms with Crippen LogP contribution in [0.15, 0.2) is 59.9 Å². The number of nitriles is 1. The Morgan fingerprint density at radius 2 is 2.00 bits per heavy atom. The molecule has 1 atom stereocenters. The number of nitrogens with zero attached hydrogens (tertiary/aromatic N) is 6. The van der Waals surface area contributed by atoms with Crippen LogP contribution < -0.4 is 10.9 Å². The van der Waals surface area contributed by atoms with Crippen molar-refractivity contribution in [2.45, 2.75) is 19.9 Å². The molecule has 0 aliphatic heterocycles. The smallest absolute Gasteiger partial charge is 0.266 e. The highest BCUT2D eigenvalue weighted by molar-refractivity contribution is 5.82. The van der Waals surface area contributed by atoms with Crippen LogP contribution in [-0.4, -0.2) is 29.3 Å². The molecule has 0 saturated heterocycles. The summed E-state index contributed by atoms with van der Waals surface area (Å²) in [5, 5.41) is 12.7. The molecule has 0 aliphatic carbocycles. The molecule has 5 rings (SSSR count). The summed E-state index contributed by atoms with van der Waals surface area (Å²) in [4.78, 5) is 34.2. The number of fused-ring (bicyclic) bond motifs is 2. The molecule has 0 amide bonds. The van der Waals surface area contributed by atoms with Crippen LogP contribution in [0.1, 0.15) is 29.9 Å². The number of aromatic nitrogens is 6. The number of H-pyrrole nitrogens is 1. The highest BCUT2D eigenvalue weighted by Gasteiger charge is 2.22. The van der Waals surface area contributed by atoms with Crippen molar-refractivity contribution >= 4 is 22.6 Å². The summed E-state index contributed by atoms with van der Waals surface area (Å²) in [6.07, 6.45) is 3.00. The zero-order valence-corrected chi connectivity index (χ0v) is 17.4.